The van der Waals surface area contributed by atoms with E-state index in [1.807, 2.05) is 0 Å². The van der Waals surface area contributed by atoms with Crippen molar-refractivity contribution >= 4 is 0 Å². The predicted molar refractivity (Wildman–Crippen MR) is 46.6 cm³/mol. The summed E-state index contributed by atoms with van der Waals surface area (Å²) in [6, 6.07) is 0. The van der Waals surface area contributed by atoms with Gasteiger partial charge in [0.1, 0.15) is 12.5 Å². The number of hydrazine groups is 1. The van der Waals surface area contributed by atoms with E-state index in [-0.39, 0.29) is 12.5 Å². The maximum Gasteiger partial charge on any atom is 0.136 e. The molecule has 3 N–H and O–H groups in total. The molecule has 0 saturated carbocycles. The van der Waals surface area contributed by atoms with E-state index in [2.05, 4.69) is 27.0 Å². The lowest BCUT2D eigenvalue weighted by molar-refractivity contribution is 0.198. The molecule has 0 amide bonds. The molecule has 2 atom stereocenters. The van der Waals surface area contributed by atoms with E-state index < -0.39 is 0 Å². The molecule has 2 aliphatic heterocycles. The van der Waals surface area contributed by atoms with E-state index in [1.165, 1.54) is 12.8 Å². The molecule has 2 rings (SSSR count). The maximum absolute atomic E-state index is 5.26. The first-order chi connectivity index (χ1) is 5.90. The van der Waals surface area contributed by atoms with Crippen LogP contribution < -0.4 is 16.2 Å². The first-order valence-electron chi connectivity index (χ1n) is 4.37. The van der Waals surface area contributed by atoms with Crippen molar-refractivity contribution in [2.75, 3.05) is 13.1 Å². The molecule has 2 unspecified atom stereocenters. The van der Waals surface area contributed by atoms with Crippen LogP contribution in [0.2, 0.25) is 0 Å². The van der Waals surface area contributed by atoms with Crippen LogP contribution in [0.15, 0.2) is 0 Å². The molecule has 2 saturated heterocycles. The molecular weight excluding hydrogens is 152 g/mol. The van der Waals surface area contributed by atoms with Crippen molar-refractivity contribution in [1.82, 2.24) is 21.1 Å². The van der Waals surface area contributed by atoms with E-state index in [0.29, 0.717) is 0 Å². The normalized spacial score (nSPS) is 36.9. The van der Waals surface area contributed by atoms with Crippen molar-refractivity contribution in [3.63, 3.8) is 0 Å². The van der Waals surface area contributed by atoms with Crippen LogP contribution in [0.3, 0.4) is 0 Å². The molecule has 2 aliphatic rings. The summed E-state index contributed by atoms with van der Waals surface area (Å²) in [4.78, 5) is 2.35. The van der Waals surface area contributed by atoms with Crippen molar-refractivity contribution in [3.05, 3.63) is 0 Å². The second-order valence-electron chi connectivity index (χ2n) is 3.20. The van der Waals surface area contributed by atoms with Gasteiger partial charge in [-0.25, -0.2) is 10.9 Å². The Kier molecular flexibility index (Phi) is 2.28. The number of hydrogen-bond acceptors (Lipinski definition) is 4. The summed E-state index contributed by atoms with van der Waals surface area (Å²) < 4.78 is 0. The average Bonchev–Trinajstić information content (AvgIpc) is 2.75. The van der Waals surface area contributed by atoms with Gasteiger partial charge < -0.3 is 0 Å². The van der Waals surface area contributed by atoms with Crippen molar-refractivity contribution in [3.8, 4) is 12.3 Å². The summed E-state index contributed by atoms with van der Waals surface area (Å²) in [6.45, 7) is 2.31. The van der Waals surface area contributed by atoms with Crippen LogP contribution in [0, 0.1) is 12.3 Å². The largest absolute Gasteiger partial charge is 0.275 e. The van der Waals surface area contributed by atoms with Gasteiger partial charge in [0, 0.05) is 13.1 Å². The maximum atomic E-state index is 5.26. The van der Waals surface area contributed by atoms with E-state index in [9.17, 15) is 0 Å². The Balaban J connectivity index is 1.86. The molecule has 0 spiro atoms. The van der Waals surface area contributed by atoms with Gasteiger partial charge in [-0.15, -0.1) is 6.42 Å². The Hall–Kier alpha value is -0.600. The number of nitrogens with zero attached hydrogens (tertiary/aromatic N) is 1. The van der Waals surface area contributed by atoms with Crippen LogP contribution in [-0.4, -0.2) is 30.4 Å². The van der Waals surface area contributed by atoms with Gasteiger partial charge in [-0.1, -0.05) is 5.92 Å². The zero-order valence-corrected chi connectivity index (χ0v) is 7.01. The molecule has 0 aromatic rings. The zero-order chi connectivity index (χ0) is 8.39. The van der Waals surface area contributed by atoms with E-state index in [1.54, 1.807) is 0 Å². The number of terminal acetylenes is 1. The van der Waals surface area contributed by atoms with Gasteiger partial charge in [0.25, 0.3) is 0 Å². The number of hydrogen-bond donors (Lipinski definition) is 3. The quantitative estimate of drug-likeness (QED) is 0.438. The van der Waals surface area contributed by atoms with E-state index in [4.69, 9.17) is 6.42 Å². The van der Waals surface area contributed by atoms with E-state index >= 15 is 0 Å². The summed E-state index contributed by atoms with van der Waals surface area (Å²) in [6.07, 6.45) is 8.03. The van der Waals surface area contributed by atoms with Crippen LogP contribution in [0.25, 0.3) is 0 Å². The Morgan fingerprint density at radius 1 is 1.25 bits per heavy atom. The second kappa shape index (κ2) is 3.42. The highest BCUT2D eigenvalue weighted by Gasteiger charge is 2.27. The average molecular weight is 166 g/mol. The monoisotopic (exact) mass is 166 g/mol. The van der Waals surface area contributed by atoms with Crippen molar-refractivity contribution in [2.24, 2.45) is 0 Å². The van der Waals surface area contributed by atoms with Gasteiger partial charge in [-0.05, 0) is 12.8 Å². The predicted octanol–water partition coefficient (Wildman–Crippen LogP) is -0.977. The lowest BCUT2D eigenvalue weighted by atomic mass is 10.4. The van der Waals surface area contributed by atoms with Crippen molar-refractivity contribution < 1.29 is 0 Å². The molecule has 0 aromatic heterocycles. The summed E-state index contributed by atoms with van der Waals surface area (Å²) in [5.41, 5.74) is 6.12. The molecule has 0 bridgehead atoms. The molecule has 0 aliphatic carbocycles. The first kappa shape index (κ1) is 8.02. The van der Waals surface area contributed by atoms with Crippen molar-refractivity contribution in [1.29, 1.82) is 0 Å². The Labute approximate surface area is 72.7 Å². The lowest BCUT2D eigenvalue weighted by Gasteiger charge is -2.22. The fraction of sp³-hybridized carbons (Fsp3) is 0.750. The van der Waals surface area contributed by atoms with Gasteiger partial charge in [-0.2, -0.15) is 0 Å². The number of likely N-dealkylation sites (tertiary alicyclic amines) is 1. The van der Waals surface area contributed by atoms with E-state index in [0.717, 1.165) is 13.1 Å². The highest BCUT2D eigenvalue weighted by atomic mass is 15.6. The van der Waals surface area contributed by atoms with Gasteiger partial charge in [0.05, 0.1) is 0 Å². The summed E-state index contributed by atoms with van der Waals surface area (Å²) in [5, 5.41) is 3.25. The molecule has 0 aromatic carbocycles. The highest BCUT2D eigenvalue weighted by Crippen LogP contribution is 2.09. The summed E-state index contributed by atoms with van der Waals surface area (Å²) in [5.74, 6) is 2.61. The smallest absolute Gasteiger partial charge is 0.136 e. The lowest BCUT2D eigenvalue weighted by Crippen LogP contribution is -2.48. The van der Waals surface area contributed by atoms with Crippen molar-refractivity contribution in [2.45, 2.75) is 25.3 Å². The van der Waals surface area contributed by atoms with Gasteiger partial charge in [-0.3, -0.25) is 10.2 Å². The number of rotatable bonds is 1. The Bertz CT molecular complexity index is 192. The van der Waals surface area contributed by atoms with Crippen LogP contribution in [0.4, 0.5) is 0 Å². The van der Waals surface area contributed by atoms with Gasteiger partial charge >= 0.3 is 0 Å². The van der Waals surface area contributed by atoms with Crippen LogP contribution in [0.5, 0.6) is 0 Å². The SMILES string of the molecule is C#CC1NNC(N2CCCC2)N1. The molecule has 4 heteroatoms. The third-order valence-electron chi connectivity index (χ3n) is 2.36. The third-order valence-corrected chi connectivity index (χ3v) is 2.36. The van der Waals surface area contributed by atoms with Gasteiger partial charge in [0.15, 0.2) is 0 Å². The molecule has 2 fully saturated rings. The zero-order valence-electron chi connectivity index (χ0n) is 7.01. The fourth-order valence-electron chi connectivity index (χ4n) is 1.69. The van der Waals surface area contributed by atoms with Crippen LogP contribution in [-0.2, 0) is 0 Å². The first-order valence-corrected chi connectivity index (χ1v) is 4.37. The summed E-state index contributed by atoms with van der Waals surface area (Å²) >= 11 is 0. The standard InChI is InChI=1S/C8H14N4/c1-2-7-9-8(11-10-7)12-5-3-4-6-12/h1,7-11H,3-6H2. The fourth-order valence-corrected chi connectivity index (χ4v) is 1.69. The van der Waals surface area contributed by atoms with Crippen LogP contribution >= 0.6 is 0 Å². The Morgan fingerprint density at radius 3 is 2.58 bits per heavy atom. The molecule has 0 radical (unpaired) electrons. The summed E-state index contributed by atoms with van der Waals surface area (Å²) in [7, 11) is 0. The topological polar surface area (TPSA) is 39.3 Å². The molecule has 12 heavy (non-hydrogen) atoms. The Morgan fingerprint density at radius 2 is 2.00 bits per heavy atom. The highest BCUT2D eigenvalue weighted by molar-refractivity contribution is 5.00. The number of nitrogens with one attached hydrogen (secondary N) is 3. The third kappa shape index (κ3) is 1.45. The second-order valence-corrected chi connectivity index (χ2v) is 3.20. The van der Waals surface area contributed by atoms with Gasteiger partial charge in [0.2, 0.25) is 0 Å². The van der Waals surface area contributed by atoms with Crippen LogP contribution in [0.1, 0.15) is 12.8 Å². The minimum absolute atomic E-state index is 0.0319. The minimum atomic E-state index is -0.0319. The molecule has 2 heterocycles. The molecule has 66 valence electrons. The minimum Gasteiger partial charge on any atom is -0.275 e. The molecule has 4 nitrogen and oxygen atoms in total. The molecular formula is C8H14N4.